The van der Waals surface area contributed by atoms with Crippen LogP contribution in [0.4, 0.5) is 17.1 Å². The Kier molecular flexibility index (Phi) is 4.53. The SMILES string of the molecule is Cc1ccc(Nc2c([N+](=O)[O-])cc(C(=O)O)cc2S(N)(=O)=O)cc1. The average Bonchev–Trinajstić information content (AvgIpc) is 2.48. The summed E-state index contributed by atoms with van der Waals surface area (Å²) in [5.41, 5.74) is -0.337. The van der Waals surface area contributed by atoms with Crippen molar-refractivity contribution in [2.45, 2.75) is 11.8 Å². The van der Waals surface area contributed by atoms with Crippen LogP contribution in [0.25, 0.3) is 0 Å². The van der Waals surface area contributed by atoms with Gasteiger partial charge in [-0.3, -0.25) is 10.1 Å². The summed E-state index contributed by atoms with van der Waals surface area (Å²) in [5.74, 6) is -1.51. The number of nitro groups is 1. The van der Waals surface area contributed by atoms with Crippen LogP contribution in [-0.2, 0) is 10.0 Å². The number of carboxylic acid groups (broad SMARTS) is 1. The molecule has 24 heavy (non-hydrogen) atoms. The molecule has 0 heterocycles. The first kappa shape index (κ1) is 17.4. The number of nitro benzene ring substituents is 1. The van der Waals surface area contributed by atoms with Crippen molar-refractivity contribution in [1.29, 1.82) is 0 Å². The minimum Gasteiger partial charge on any atom is -0.478 e. The van der Waals surface area contributed by atoms with Crippen LogP contribution in [-0.4, -0.2) is 24.4 Å². The van der Waals surface area contributed by atoms with Crippen molar-refractivity contribution in [2.75, 3.05) is 5.32 Å². The summed E-state index contributed by atoms with van der Waals surface area (Å²) >= 11 is 0. The highest BCUT2D eigenvalue weighted by atomic mass is 32.2. The lowest BCUT2D eigenvalue weighted by Crippen LogP contribution is -2.16. The van der Waals surface area contributed by atoms with Crippen LogP contribution >= 0.6 is 0 Å². The molecule has 0 spiro atoms. The van der Waals surface area contributed by atoms with Gasteiger partial charge >= 0.3 is 5.97 Å². The van der Waals surface area contributed by atoms with Crippen LogP contribution in [0.1, 0.15) is 15.9 Å². The largest absolute Gasteiger partial charge is 0.478 e. The number of anilines is 2. The molecule has 0 aliphatic carbocycles. The molecule has 2 rings (SSSR count). The van der Waals surface area contributed by atoms with E-state index in [2.05, 4.69) is 5.32 Å². The van der Waals surface area contributed by atoms with E-state index in [1.165, 1.54) is 0 Å². The first-order chi connectivity index (χ1) is 11.1. The Morgan fingerprint density at radius 2 is 1.83 bits per heavy atom. The van der Waals surface area contributed by atoms with Gasteiger partial charge in [0.2, 0.25) is 10.0 Å². The van der Waals surface area contributed by atoms with Crippen molar-refractivity contribution in [2.24, 2.45) is 5.14 Å². The quantitative estimate of drug-likeness (QED) is 0.550. The Hall–Kier alpha value is -2.98. The van der Waals surface area contributed by atoms with Gasteiger partial charge in [-0.2, -0.15) is 0 Å². The number of carbonyl (C=O) groups is 1. The molecule has 4 N–H and O–H groups in total. The van der Waals surface area contributed by atoms with Crippen molar-refractivity contribution in [3.05, 3.63) is 57.6 Å². The highest BCUT2D eigenvalue weighted by Crippen LogP contribution is 2.35. The van der Waals surface area contributed by atoms with E-state index in [1.54, 1.807) is 24.3 Å². The first-order valence-electron chi connectivity index (χ1n) is 6.52. The van der Waals surface area contributed by atoms with Crippen molar-refractivity contribution in [1.82, 2.24) is 0 Å². The minimum absolute atomic E-state index is 0.386. The third-order valence-corrected chi connectivity index (χ3v) is 4.09. The standard InChI is InChI=1S/C14H13N3O6S/c1-8-2-4-10(5-3-8)16-13-11(17(20)21)6-9(14(18)19)7-12(13)24(15,22)23/h2-7,16H,1H3,(H,18,19)(H2,15,22,23). The van der Waals surface area contributed by atoms with Gasteiger partial charge in [0.15, 0.2) is 0 Å². The van der Waals surface area contributed by atoms with Gasteiger partial charge in [0.25, 0.3) is 5.69 Å². The van der Waals surface area contributed by atoms with Gasteiger partial charge in [-0.15, -0.1) is 0 Å². The van der Waals surface area contributed by atoms with E-state index >= 15 is 0 Å². The predicted octanol–water partition coefficient (Wildman–Crippen LogP) is 1.99. The zero-order valence-electron chi connectivity index (χ0n) is 12.4. The molecule has 0 aliphatic rings. The van der Waals surface area contributed by atoms with Gasteiger partial charge in [0, 0.05) is 11.8 Å². The summed E-state index contributed by atoms with van der Waals surface area (Å²) in [6.45, 7) is 1.84. The van der Waals surface area contributed by atoms with Gasteiger partial charge in [0.05, 0.1) is 10.5 Å². The molecule has 2 aromatic carbocycles. The lowest BCUT2D eigenvalue weighted by Gasteiger charge is -2.12. The van der Waals surface area contributed by atoms with E-state index in [9.17, 15) is 23.3 Å². The fraction of sp³-hybridized carbons (Fsp3) is 0.0714. The van der Waals surface area contributed by atoms with E-state index in [4.69, 9.17) is 10.2 Å². The number of hydrogen-bond acceptors (Lipinski definition) is 6. The molecule has 0 aromatic heterocycles. The highest BCUT2D eigenvalue weighted by molar-refractivity contribution is 7.89. The fourth-order valence-corrected chi connectivity index (χ4v) is 2.73. The highest BCUT2D eigenvalue weighted by Gasteiger charge is 2.27. The molecule has 0 bridgehead atoms. The van der Waals surface area contributed by atoms with Crippen molar-refractivity contribution >= 4 is 33.1 Å². The Morgan fingerprint density at radius 1 is 1.25 bits per heavy atom. The predicted molar refractivity (Wildman–Crippen MR) is 85.9 cm³/mol. The molecule has 126 valence electrons. The number of sulfonamides is 1. The number of nitrogens with zero attached hydrogens (tertiary/aromatic N) is 1. The third kappa shape index (κ3) is 3.67. The Labute approximate surface area is 136 Å². The maximum absolute atomic E-state index is 11.8. The number of nitrogens with two attached hydrogens (primary N) is 1. The van der Waals surface area contributed by atoms with Crippen LogP contribution in [0.5, 0.6) is 0 Å². The normalized spacial score (nSPS) is 11.1. The molecular formula is C14H13N3O6S. The number of rotatable bonds is 5. The maximum atomic E-state index is 11.8. The Balaban J connectivity index is 2.73. The second kappa shape index (κ2) is 6.26. The zero-order valence-corrected chi connectivity index (χ0v) is 13.2. The van der Waals surface area contributed by atoms with Gasteiger partial charge in [-0.25, -0.2) is 18.4 Å². The molecule has 0 saturated carbocycles. The molecule has 0 atom stereocenters. The second-order valence-corrected chi connectivity index (χ2v) is 6.50. The van der Waals surface area contributed by atoms with E-state index in [-0.39, 0.29) is 0 Å². The number of nitrogens with one attached hydrogen (secondary N) is 1. The van der Waals surface area contributed by atoms with Gasteiger partial charge in [0.1, 0.15) is 10.6 Å². The summed E-state index contributed by atoms with van der Waals surface area (Å²) < 4.78 is 23.5. The number of primary sulfonamides is 1. The summed E-state index contributed by atoms with van der Waals surface area (Å²) in [4.78, 5) is 20.8. The zero-order chi connectivity index (χ0) is 18.1. The summed E-state index contributed by atoms with van der Waals surface area (Å²) in [6, 6.07) is 8.18. The van der Waals surface area contributed by atoms with Crippen LogP contribution < -0.4 is 10.5 Å². The molecular weight excluding hydrogens is 338 g/mol. The van der Waals surface area contributed by atoms with E-state index in [0.29, 0.717) is 5.69 Å². The molecule has 10 heteroatoms. The fourth-order valence-electron chi connectivity index (χ4n) is 2.00. The van der Waals surface area contributed by atoms with Crippen LogP contribution in [0.2, 0.25) is 0 Å². The minimum atomic E-state index is -4.40. The Bertz CT molecular complexity index is 922. The molecule has 0 amide bonds. The summed E-state index contributed by atoms with van der Waals surface area (Å²) in [5, 5.41) is 28.0. The topological polar surface area (TPSA) is 153 Å². The number of benzene rings is 2. The van der Waals surface area contributed by atoms with Gasteiger partial charge in [-0.1, -0.05) is 17.7 Å². The van der Waals surface area contributed by atoms with Crippen LogP contribution in [0, 0.1) is 17.0 Å². The van der Waals surface area contributed by atoms with E-state index < -0.39 is 42.7 Å². The number of aromatic carboxylic acids is 1. The molecule has 0 unspecified atom stereocenters. The van der Waals surface area contributed by atoms with Crippen molar-refractivity contribution in [3.8, 4) is 0 Å². The molecule has 9 nitrogen and oxygen atoms in total. The molecule has 0 radical (unpaired) electrons. The number of hydrogen-bond donors (Lipinski definition) is 3. The van der Waals surface area contributed by atoms with Crippen molar-refractivity contribution < 1.29 is 23.2 Å². The van der Waals surface area contributed by atoms with Crippen molar-refractivity contribution in [3.63, 3.8) is 0 Å². The van der Waals surface area contributed by atoms with Gasteiger partial charge in [-0.05, 0) is 25.1 Å². The molecule has 0 aliphatic heterocycles. The summed E-state index contributed by atoms with van der Waals surface area (Å²) in [7, 11) is -4.40. The van der Waals surface area contributed by atoms with Gasteiger partial charge < -0.3 is 10.4 Å². The maximum Gasteiger partial charge on any atom is 0.335 e. The number of aryl methyl sites for hydroxylation is 1. The first-order valence-corrected chi connectivity index (χ1v) is 8.06. The second-order valence-electron chi connectivity index (χ2n) is 4.97. The Morgan fingerprint density at radius 3 is 2.29 bits per heavy atom. The smallest absolute Gasteiger partial charge is 0.335 e. The lowest BCUT2D eigenvalue weighted by molar-refractivity contribution is -0.384. The molecule has 2 aromatic rings. The third-order valence-electron chi connectivity index (χ3n) is 3.15. The molecule has 0 saturated heterocycles. The monoisotopic (exact) mass is 351 g/mol. The van der Waals surface area contributed by atoms with E-state index in [1.807, 2.05) is 6.92 Å². The van der Waals surface area contributed by atoms with Crippen LogP contribution in [0.3, 0.4) is 0 Å². The van der Waals surface area contributed by atoms with E-state index in [0.717, 1.165) is 17.7 Å². The molecule has 0 fully saturated rings. The number of carboxylic acids is 1. The van der Waals surface area contributed by atoms with Crippen LogP contribution in [0.15, 0.2) is 41.3 Å². The lowest BCUT2D eigenvalue weighted by atomic mass is 10.1. The average molecular weight is 351 g/mol. The summed E-state index contributed by atoms with van der Waals surface area (Å²) in [6.07, 6.45) is 0.